The molecule has 0 radical (unpaired) electrons. The standard InChI is InChI=1S/C22H25N3O5S/c1-4-5-14-29-19-10-6-16(7-11-19)23-20(26)15(2)31-21-22(27)30-24-25(21)17-8-12-18(28-3)13-9-17/h6-13,15H,4-5,14H2,1-3H3,(H-,23,24,26,27). The minimum Gasteiger partial charge on any atom is -0.538 e. The van der Waals surface area contributed by atoms with Crippen LogP contribution in [0.25, 0.3) is 5.69 Å². The molecule has 1 aromatic heterocycles. The van der Waals surface area contributed by atoms with E-state index in [0.29, 0.717) is 23.7 Å². The quantitative estimate of drug-likeness (QED) is 0.291. The fourth-order valence-corrected chi connectivity index (χ4v) is 3.53. The molecule has 0 saturated heterocycles. The lowest BCUT2D eigenvalue weighted by Crippen LogP contribution is -2.36. The molecule has 9 heteroatoms. The van der Waals surface area contributed by atoms with E-state index in [9.17, 15) is 9.90 Å². The molecule has 1 amide bonds. The van der Waals surface area contributed by atoms with Gasteiger partial charge in [0.05, 0.1) is 24.2 Å². The van der Waals surface area contributed by atoms with Crippen LogP contribution in [0.3, 0.4) is 0 Å². The lowest BCUT2D eigenvalue weighted by Gasteiger charge is -2.11. The number of nitrogens with zero attached hydrogens (tertiary/aromatic N) is 2. The van der Waals surface area contributed by atoms with Gasteiger partial charge in [0.25, 0.3) is 5.03 Å². The summed E-state index contributed by atoms with van der Waals surface area (Å²) in [7, 11) is 1.57. The summed E-state index contributed by atoms with van der Waals surface area (Å²) < 4.78 is 17.0. The van der Waals surface area contributed by atoms with E-state index in [1.165, 1.54) is 4.68 Å². The summed E-state index contributed by atoms with van der Waals surface area (Å²) in [6, 6.07) is 14.2. The van der Waals surface area contributed by atoms with Gasteiger partial charge in [-0.2, -0.15) is 0 Å². The van der Waals surface area contributed by atoms with Crippen LogP contribution in [0.15, 0.2) is 58.1 Å². The highest BCUT2D eigenvalue weighted by Crippen LogP contribution is 2.28. The molecule has 1 N–H and O–H groups in total. The Hall–Kier alpha value is -3.20. The molecule has 0 aliphatic heterocycles. The summed E-state index contributed by atoms with van der Waals surface area (Å²) in [6.07, 6.45) is 2.06. The molecule has 31 heavy (non-hydrogen) atoms. The van der Waals surface area contributed by atoms with Gasteiger partial charge in [-0.15, -0.1) is 0 Å². The maximum Gasteiger partial charge on any atom is 0.298 e. The Labute approximate surface area is 185 Å². The molecule has 0 bridgehead atoms. The van der Waals surface area contributed by atoms with Gasteiger partial charge < -0.3 is 24.4 Å². The third-order valence-electron chi connectivity index (χ3n) is 4.44. The van der Waals surface area contributed by atoms with Gasteiger partial charge in [0.2, 0.25) is 11.6 Å². The number of nitrogens with one attached hydrogen (secondary N) is 1. The Balaban J connectivity index is 1.64. The Morgan fingerprint density at radius 3 is 2.52 bits per heavy atom. The number of anilines is 1. The maximum atomic E-state index is 12.6. The number of hydrogen-bond donors (Lipinski definition) is 1. The van der Waals surface area contributed by atoms with Gasteiger partial charge in [0, 0.05) is 17.8 Å². The normalized spacial score (nSPS) is 11.7. The molecule has 3 rings (SSSR count). The third-order valence-corrected chi connectivity index (χ3v) is 5.57. The number of thioether (sulfide) groups is 1. The largest absolute Gasteiger partial charge is 0.538 e. The number of carbonyl (C=O) groups excluding carboxylic acids is 1. The number of ether oxygens (including phenoxy) is 2. The zero-order valence-electron chi connectivity index (χ0n) is 17.7. The molecule has 8 nitrogen and oxygen atoms in total. The van der Waals surface area contributed by atoms with E-state index in [2.05, 4.69) is 17.5 Å². The molecule has 1 heterocycles. The number of hydrogen-bond acceptors (Lipinski definition) is 7. The summed E-state index contributed by atoms with van der Waals surface area (Å²) in [6.45, 7) is 4.49. The van der Waals surface area contributed by atoms with Crippen molar-refractivity contribution in [3.63, 3.8) is 0 Å². The molecule has 0 aliphatic carbocycles. The highest BCUT2D eigenvalue weighted by atomic mass is 32.2. The average Bonchev–Trinajstić information content (AvgIpc) is 3.15. The highest BCUT2D eigenvalue weighted by molar-refractivity contribution is 8.00. The van der Waals surface area contributed by atoms with Crippen molar-refractivity contribution in [3.8, 4) is 23.1 Å². The van der Waals surface area contributed by atoms with Crippen LogP contribution < -0.4 is 24.6 Å². The van der Waals surface area contributed by atoms with Gasteiger partial charge in [-0.1, -0.05) is 13.3 Å². The minimum absolute atomic E-state index is 0.215. The highest BCUT2D eigenvalue weighted by Gasteiger charge is 2.26. The number of methoxy groups -OCH3 is 1. The van der Waals surface area contributed by atoms with Crippen molar-refractivity contribution in [3.05, 3.63) is 48.5 Å². The summed E-state index contributed by atoms with van der Waals surface area (Å²) in [4.78, 5) is 12.6. The summed E-state index contributed by atoms with van der Waals surface area (Å²) in [5, 5.41) is 18.5. The van der Waals surface area contributed by atoms with E-state index in [-0.39, 0.29) is 10.9 Å². The first-order chi connectivity index (χ1) is 15.0. The molecule has 0 spiro atoms. The van der Waals surface area contributed by atoms with Gasteiger partial charge in [0.1, 0.15) is 11.5 Å². The topological polar surface area (TPSA) is 101 Å². The number of aromatic nitrogens is 2. The molecule has 1 atom stereocenters. The fourth-order valence-electron chi connectivity index (χ4n) is 2.66. The third kappa shape index (κ3) is 5.91. The first-order valence-corrected chi connectivity index (χ1v) is 10.8. The molecule has 1 unspecified atom stereocenters. The first kappa shape index (κ1) is 22.5. The second-order valence-electron chi connectivity index (χ2n) is 6.75. The van der Waals surface area contributed by atoms with E-state index >= 15 is 0 Å². The molecule has 3 aromatic rings. The van der Waals surface area contributed by atoms with Crippen LogP contribution in [0, 0.1) is 0 Å². The van der Waals surface area contributed by atoms with Crippen molar-refractivity contribution in [2.24, 2.45) is 0 Å². The number of amides is 1. The molecule has 0 saturated carbocycles. The van der Waals surface area contributed by atoms with Gasteiger partial charge in [0.15, 0.2) is 5.95 Å². The monoisotopic (exact) mass is 443 g/mol. The lowest BCUT2D eigenvalue weighted by molar-refractivity contribution is -0.705. The Kier molecular flexibility index (Phi) is 7.77. The molecule has 0 fully saturated rings. The van der Waals surface area contributed by atoms with Crippen LogP contribution in [0.2, 0.25) is 0 Å². The first-order valence-electron chi connectivity index (χ1n) is 9.95. The van der Waals surface area contributed by atoms with E-state index in [4.69, 9.17) is 14.0 Å². The number of carbonyl (C=O) groups is 1. The summed E-state index contributed by atoms with van der Waals surface area (Å²) >= 11 is 1.08. The Morgan fingerprint density at radius 2 is 1.87 bits per heavy atom. The van der Waals surface area contributed by atoms with Crippen LogP contribution >= 0.6 is 11.8 Å². The van der Waals surface area contributed by atoms with Crippen molar-refractivity contribution in [1.82, 2.24) is 5.27 Å². The van der Waals surface area contributed by atoms with Gasteiger partial charge in [-0.25, -0.2) is 0 Å². The van der Waals surface area contributed by atoms with Crippen LogP contribution in [0.1, 0.15) is 26.7 Å². The molecular formula is C22H25N3O5S. The van der Waals surface area contributed by atoms with E-state index in [0.717, 1.165) is 30.4 Å². The zero-order valence-corrected chi connectivity index (χ0v) is 18.5. The molecule has 164 valence electrons. The second kappa shape index (κ2) is 10.7. The number of rotatable bonds is 10. The van der Waals surface area contributed by atoms with Crippen molar-refractivity contribution in [2.45, 2.75) is 37.0 Å². The van der Waals surface area contributed by atoms with E-state index in [1.54, 1.807) is 50.4 Å². The van der Waals surface area contributed by atoms with Crippen molar-refractivity contribution < 1.29 is 28.6 Å². The minimum atomic E-state index is -0.603. The zero-order chi connectivity index (χ0) is 22.2. The predicted molar refractivity (Wildman–Crippen MR) is 115 cm³/mol. The summed E-state index contributed by atoms with van der Waals surface area (Å²) in [5.41, 5.74) is 1.27. The van der Waals surface area contributed by atoms with Crippen molar-refractivity contribution >= 4 is 23.4 Å². The average molecular weight is 444 g/mol. The van der Waals surface area contributed by atoms with Gasteiger partial charge in [-0.3, -0.25) is 4.79 Å². The molecule has 0 aliphatic rings. The van der Waals surface area contributed by atoms with Crippen molar-refractivity contribution in [1.29, 1.82) is 0 Å². The number of unbranched alkanes of at least 4 members (excludes halogenated alkanes) is 1. The molecular weight excluding hydrogens is 418 g/mol. The van der Waals surface area contributed by atoms with Crippen molar-refractivity contribution in [2.75, 3.05) is 19.0 Å². The Bertz CT molecular complexity index is 989. The lowest BCUT2D eigenvalue weighted by atomic mass is 10.3. The molecule has 2 aromatic carbocycles. The second-order valence-corrected chi connectivity index (χ2v) is 8.08. The van der Waals surface area contributed by atoms with Gasteiger partial charge >= 0.3 is 0 Å². The Morgan fingerprint density at radius 1 is 1.19 bits per heavy atom. The van der Waals surface area contributed by atoms with Gasteiger partial charge in [-0.05, 0) is 66.2 Å². The maximum absolute atomic E-state index is 12.6. The van der Waals surface area contributed by atoms with E-state index in [1.807, 2.05) is 12.1 Å². The summed E-state index contributed by atoms with van der Waals surface area (Å²) in [5.74, 6) is 0.592. The number of benzene rings is 2. The van der Waals surface area contributed by atoms with Crippen LogP contribution in [-0.2, 0) is 4.79 Å². The van der Waals surface area contributed by atoms with Crippen LogP contribution in [0.4, 0.5) is 5.69 Å². The fraction of sp³-hybridized carbons (Fsp3) is 0.318. The smallest absolute Gasteiger partial charge is 0.298 e. The van der Waals surface area contributed by atoms with E-state index < -0.39 is 11.2 Å². The van der Waals surface area contributed by atoms with Crippen LogP contribution in [0.5, 0.6) is 17.4 Å². The SMILES string of the molecule is CCCCOc1ccc(NC(=O)C(C)Sc2c([O-])on[n+]2-c2ccc(OC)cc2)cc1. The van der Waals surface area contributed by atoms with Crippen LogP contribution in [-0.4, -0.2) is 30.1 Å². The predicted octanol–water partition coefficient (Wildman–Crippen LogP) is 3.33.